The first-order valence-corrected chi connectivity index (χ1v) is 18.7. The van der Waals surface area contributed by atoms with Crippen LogP contribution in [0.5, 0.6) is 17.2 Å². The molecule has 2 aliphatic rings. The van der Waals surface area contributed by atoms with E-state index < -0.39 is 5.97 Å². The minimum Gasteiger partial charge on any atom is -0.427 e. The lowest BCUT2D eigenvalue weighted by Gasteiger charge is -2.07. The second kappa shape index (κ2) is 21.1. The molecule has 2 atom stereocenters. The maximum atomic E-state index is 12.7. The van der Waals surface area contributed by atoms with Gasteiger partial charge in [-0.25, -0.2) is 4.79 Å². The van der Waals surface area contributed by atoms with Gasteiger partial charge in [0.1, 0.15) is 17.2 Å². The number of epoxide rings is 2. The van der Waals surface area contributed by atoms with Crippen LogP contribution in [0, 0.1) is 0 Å². The zero-order valence-corrected chi connectivity index (χ0v) is 29.6. The third-order valence-corrected chi connectivity index (χ3v) is 8.96. The standard InChI is InChI=1S/C42H51NO8/c44-40(15-11-7-3-1-5-9-13-38-30-47-38)49-35-25-19-33(20-26-35)42(46)51-37-23-17-32(18-24-37)29-43-34-21-27-36(28-22-34)50-41(45)16-12-8-4-2-6-10-14-39-31-48-39/h17-29,38-39H,1-16,30-31H2. The first-order chi connectivity index (χ1) is 25.0. The maximum Gasteiger partial charge on any atom is 0.343 e. The molecular formula is C42H51NO8. The number of ether oxygens (including phenoxy) is 5. The van der Waals surface area contributed by atoms with Gasteiger partial charge in [0, 0.05) is 19.1 Å². The molecule has 0 bridgehead atoms. The third-order valence-electron chi connectivity index (χ3n) is 8.96. The number of carbonyl (C=O) groups is 3. The molecule has 3 aromatic carbocycles. The summed E-state index contributed by atoms with van der Waals surface area (Å²) in [6.45, 7) is 1.87. The van der Waals surface area contributed by atoms with Crippen LogP contribution >= 0.6 is 0 Å². The molecule has 5 rings (SSSR count). The van der Waals surface area contributed by atoms with Crippen LogP contribution in [0.2, 0.25) is 0 Å². The van der Waals surface area contributed by atoms with Crippen LogP contribution in [-0.2, 0) is 19.1 Å². The Hall–Kier alpha value is -4.34. The number of rotatable bonds is 24. The number of hydrogen-bond donors (Lipinski definition) is 0. The van der Waals surface area contributed by atoms with Crippen molar-refractivity contribution in [2.24, 2.45) is 4.99 Å². The van der Waals surface area contributed by atoms with Crippen molar-refractivity contribution < 1.29 is 38.1 Å². The Labute approximate surface area is 301 Å². The molecule has 0 aromatic heterocycles. The van der Waals surface area contributed by atoms with Crippen molar-refractivity contribution in [3.8, 4) is 17.2 Å². The number of hydrogen-bond acceptors (Lipinski definition) is 9. The van der Waals surface area contributed by atoms with Crippen LogP contribution in [0.1, 0.15) is 119 Å². The van der Waals surface area contributed by atoms with Crippen molar-refractivity contribution in [1.29, 1.82) is 0 Å². The molecule has 2 fully saturated rings. The summed E-state index contributed by atoms with van der Waals surface area (Å²) in [5, 5.41) is 0. The summed E-state index contributed by atoms with van der Waals surface area (Å²) < 4.78 is 26.9. The minimum atomic E-state index is -0.509. The van der Waals surface area contributed by atoms with Crippen molar-refractivity contribution >= 4 is 29.8 Å². The Morgan fingerprint density at radius 1 is 0.549 bits per heavy atom. The van der Waals surface area contributed by atoms with E-state index >= 15 is 0 Å². The number of unbranched alkanes of at least 4 members (excludes halogenated alkanes) is 10. The van der Waals surface area contributed by atoms with Crippen LogP contribution in [-0.4, -0.2) is 49.5 Å². The van der Waals surface area contributed by atoms with Crippen LogP contribution < -0.4 is 14.2 Å². The third kappa shape index (κ3) is 15.6. The largest absolute Gasteiger partial charge is 0.427 e. The van der Waals surface area contributed by atoms with Gasteiger partial charge in [0.15, 0.2) is 0 Å². The van der Waals surface area contributed by atoms with Gasteiger partial charge in [-0.15, -0.1) is 0 Å². The predicted molar refractivity (Wildman–Crippen MR) is 196 cm³/mol. The van der Waals surface area contributed by atoms with Crippen molar-refractivity contribution in [3.05, 3.63) is 83.9 Å². The lowest BCUT2D eigenvalue weighted by molar-refractivity contribution is -0.135. The molecule has 0 radical (unpaired) electrons. The van der Waals surface area contributed by atoms with Crippen molar-refractivity contribution in [1.82, 2.24) is 0 Å². The van der Waals surface area contributed by atoms with E-state index in [0.717, 1.165) is 57.3 Å². The van der Waals surface area contributed by atoms with E-state index in [-0.39, 0.29) is 11.9 Å². The molecule has 272 valence electrons. The van der Waals surface area contributed by atoms with E-state index in [9.17, 15) is 14.4 Å². The lowest BCUT2D eigenvalue weighted by Crippen LogP contribution is -2.10. The summed E-state index contributed by atoms with van der Waals surface area (Å²) in [7, 11) is 0. The summed E-state index contributed by atoms with van der Waals surface area (Å²) in [5.74, 6) is 0.316. The van der Waals surface area contributed by atoms with E-state index in [1.54, 1.807) is 79.0 Å². The van der Waals surface area contributed by atoms with Gasteiger partial charge >= 0.3 is 17.9 Å². The molecule has 2 unspecified atom stereocenters. The molecule has 0 spiro atoms. The van der Waals surface area contributed by atoms with Gasteiger partial charge < -0.3 is 23.7 Å². The molecule has 9 heteroatoms. The van der Waals surface area contributed by atoms with Crippen LogP contribution in [0.15, 0.2) is 77.8 Å². The highest BCUT2D eigenvalue weighted by molar-refractivity contribution is 5.91. The monoisotopic (exact) mass is 697 g/mol. The highest BCUT2D eigenvalue weighted by Crippen LogP contribution is 2.22. The molecule has 51 heavy (non-hydrogen) atoms. The molecule has 0 N–H and O–H groups in total. The van der Waals surface area contributed by atoms with Crippen LogP contribution in [0.4, 0.5) is 5.69 Å². The highest BCUT2D eigenvalue weighted by atomic mass is 16.6. The highest BCUT2D eigenvalue weighted by Gasteiger charge is 2.21. The zero-order valence-electron chi connectivity index (χ0n) is 29.6. The second-order valence-corrected chi connectivity index (χ2v) is 13.4. The fraction of sp³-hybridized carbons (Fsp3) is 0.476. The smallest absolute Gasteiger partial charge is 0.343 e. The Morgan fingerprint density at radius 3 is 1.45 bits per heavy atom. The first kappa shape index (κ1) is 37.9. The van der Waals surface area contributed by atoms with Crippen LogP contribution in [0.25, 0.3) is 0 Å². The quantitative estimate of drug-likeness (QED) is 0.0299. The molecule has 0 saturated carbocycles. The molecule has 0 amide bonds. The summed E-state index contributed by atoms with van der Waals surface area (Å²) in [5.41, 5.74) is 1.89. The van der Waals surface area contributed by atoms with Gasteiger partial charge in [-0.05, 0) is 104 Å². The maximum absolute atomic E-state index is 12.7. The summed E-state index contributed by atoms with van der Waals surface area (Å²) in [6.07, 6.45) is 19.2. The average Bonchev–Trinajstić information content (AvgIpc) is 4.08. The van der Waals surface area contributed by atoms with Crippen LogP contribution in [0.3, 0.4) is 0 Å². The zero-order chi connectivity index (χ0) is 35.5. The number of aliphatic imine (C=N–C) groups is 1. The topological polar surface area (TPSA) is 116 Å². The molecule has 2 saturated heterocycles. The molecule has 0 aliphatic carbocycles. The fourth-order valence-corrected chi connectivity index (χ4v) is 5.73. The molecule has 9 nitrogen and oxygen atoms in total. The molecule has 2 aliphatic heterocycles. The normalized spacial score (nSPS) is 16.2. The van der Waals surface area contributed by atoms with Gasteiger partial charge in [0.2, 0.25) is 0 Å². The fourth-order valence-electron chi connectivity index (χ4n) is 5.73. The molecular weight excluding hydrogens is 646 g/mol. The minimum absolute atomic E-state index is 0.214. The Morgan fingerprint density at radius 2 is 0.961 bits per heavy atom. The summed E-state index contributed by atoms with van der Waals surface area (Å²) in [4.78, 5) is 41.6. The number of benzene rings is 3. The van der Waals surface area contributed by atoms with Crippen molar-refractivity contribution in [2.75, 3.05) is 13.2 Å². The van der Waals surface area contributed by atoms with E-state index in [4.69, 9.17) is 23.7 Å². The van der Waals surface area contributed by atoms with Gasteiger partial charge in [-0.3, -0.25) is 14.6 Å². The Bertz CT molecular complexity index is 1530. The lowest BCUT2D eigenvalue weighted by atomic mass is 10.1. The average molecular weight is 698 g/mol. The second-order valence-electron chi connectivity index (χ2n) is 13.4. The predicted octanol–water partition coefficient (Wildman–Crippen LogP) is 9.51. The van der Waals surface area contributed by atoms with Gasteiger partial charge in [-0.1, -0.05) is 64.2 Å². The first-order valence-electron chi connectivity index (χ1n) is 18.7. The van der Waals surface area contributed by atoms with Crippen molar-refractivity contribution in [3.63, 3.8) is 0 Å². The van der Waals surface area contributed by atoms with Gasteiger partial charge in [0.25, 0.3) is 0 Å². The SMILES string of the molecule is O=C(CCCCCCCCC1CO1)Oc1ccc(N=Cc2ccc(OC(=O)c3ccc(OC(=O)CCCCCCCCC4CO4)cc3)cc2)cc1. The number of nitrogens with zero attached hydrogens (tertiary/aromatic N) is 1. The van der Waals surface area contributed by atoms with E-state index in [0.29, 0.717) is 53.5 Å². The van der Waals surface area contributed by atoms with E-state index in [2.05, 4.69) is 4.99 Å². The van der Waals surface area contributed by atoms with Crippen molar-refractivity contribution in [2.45, 2.75) is 115 Å². The molecule has 3 aromatic rings. The summed E-state index contributed by atoms with van der Waals surface area (Å²) >= 11 is 0. The molecule has 2 heterocycles. The number of esters is 3. The Kier molecular flexibility index (Phi) is 15.7. The van der Waals surface area contributed by atoms with E-state index in [1.165, 1.54) is 51.4 Å². The van der Waals surface area contributed by atoms with Gasteiger partial charge in [-0.2, -0.15) is 0 Å². The summed E-state index contributed by atoms with van der Waals surface area (Å²) in [6, 6.07) is 20.5. The Balaban J connectivity index is 0.933. The van der Waals surface area contributed by atoms with Gasteiger partial charge in [0.05, 0.1) is 36.7 Å². The number of carbonyl (C=O) groups excluding carboxylic acids is 3. The van der Waals surface area contributed by atoms with E-state index in [1.807, 2.05) is 0 Å².